The van der Waals surface area contributed by atoms with Gasteiger partial charge in [0.15, 0.2) is 0 Å². The summed E-state index contributed by atoms with van der Waals surface area (Å²) in [5.74, 6) is -0.293. The molecule has 1 amide bonds. The summed E-state index contributed by atoms with van der Waals surface area (Å²) in [6.45, 7) is 2.81. The normalized spacial score (nSPS) is 23.6. The average Bonchev–Trinajstić information content (AvgIpc) is 3.01. The number of ether oxygens (including phenoxy) is 1. The lowest BCUT2D eigenvalue weighted by Gasteiger charge is -2.37. The van der Waals surface area contributed by atoms with Gasteiger partial charge in [-0.3, -0.25) is 4.79 Å². The van der Waals surface area contributed by atoms with Crippen LogP contribution in [0.3, 0.4) is 0 Å². The molecule has 2 aliphatic heterocycles. The largest absolute Gasteiger partial charge is 0.381 e. The number of nitrogens with one attached hydrogen (secondary N) is 2. The molecule has 2 fully saturated rings. The third-order valence-corrected chi connectivity index (χ3v) is 4.55. The van der Waals surface area contributed by atoms with Crippen LogP contribution >= 0.6 is 12.4 Å². The average molecular weight is 329 g/mol. The molecule has 2 saturated heterocycles. The van der Waals surface area contributed by atoms with Crippen LogP contribution in [-0.2, 0) is 14.9 Å². The number of rotatable bonds is 3. The van der Waals surface area contributed by atoms with E-state index in [2.05, 4.69) is 10.6 Å². The minimum atomic E-state index is -0.664. The Balaban J connectivity index is 0.00000176. The van der Waals surface area contributed by atoms with Crippen molar-refractivity contribution >= 4 is 18.3 Å². The maximum absolute atomic E-state index is 13.6. The van der Waals surface area contributed by atoms with E-state index in [0.717, 1.165) is 25.1 Å². The highest BCUT2D eigenvalue weighted by atomic mass is 35.5. The Labute approximate surface area is 136 Å². The second kappa shape index (κ2) is 7.40. The molecule has 6 heteroatoms. The molecule has 2 N–H and O–H groups in total. The van der Waals surface area contributed by atoms with Crippen molar-refractivity contribution in [2.24, 2.45) is 0 Å². The Morgan fingerprint density at radius 3 is 2.77 bits per heavy atom. The zero-order chi connectivity index (χ0) is 14.7. The molecule has 0 aromatic heterocycles. The Morgan fingerprint density at radius 2 is 2.14 bits per heavy atom. The molecule has 4 nitrogen and oxygen atoms in total. The molecule has 1 atom stereocenters. The Bertz CT molecular complexity index is 515. The van der Waals surface area contributed by atoms with Crippen molar-refractivity contribution in [1.29, 1.82) is 0 Å². The van der Waals surface area contributed by atoms with Crippen molar-refractivity contribution in [2.45, 2.75) is 30.7 Å². The third kappa shape index (κ3) is 3.42. The first-order valence-corrected chi connectivity index (χ1v) is 7.56. The molecule has 2 heterocycles. The number of hydrogen-bond donors (Lipinski definition) is 2. The molecule has 0 bridgehead atoms. The molecule has 22 heavy (non-hydrogen) atoms. The first-order valence-electron chi connectivity index (χ1n) is 7.56. The SMILES string of the molecule is Cl.O=C(NC1CCNC1)C1(c2cccc(F)c2)CCOCC1. The standard InChI is InChI=1S/C16H21FN2O2.ClH/c17-13-3-1-2-12(10-13)16(5-8-21-9-6-16)15(20)19-14-4-7-18-11-14;/h1-3,10,14,18H,4-9,11H2,(H,19,20);1H. The van der Waals surface area contributed by atoms with Crippen LogP contribution in [0.4, 0.5) is 4.39 Å². The van der Waals surface area contributed by atoms with E-state index in [0.29, 0.717) is 26.1 Å². The van der Waals surface area contributed by atoms with Crippen molar-refractivity contribution in [3.8, 4) is 0 Å². The van der Waals surface area contributed by atoms with Gasteiger partial charge in [-0.05, 0) is 43.5 Å². The molecule has 0 aliphatic carbocycles. The Morgan fingerprint density at radius 1 is 1.36 bits per heavy atom. The van der Waals surface area contributed by atoms with Crippen molar-refractivity contribution in [3.05, 3.63) is 35.6 Å². The first-order chi connectivity index (χ1) is 10.2. The third-order valence-electron chi connectivity index (χ3n) is 4.55. The Kier molecular flexibility index (Phi) is 5.78. The van der Waals surface area contributed by atoms with Crippen molar-refractivity contribution in [1.82, 2.24) is 10.6 Å². The van der Waals surface area contributed by atoms with Gasteiger partial charge < -0.3 is 15.4 Å². The topological polar surface area (TPSA) is 50.4 Å². The van der Waals surface area contributed by atoms with E-state index in [1.165, 1.54) is 12.1 Å². The summed E-state index contributed by atoms with van der Waals surface area (Å²) in [7, 11) is 0. The number of halogens is 2. The number of carbonyl (C=O) groups excluding carboxylic acids is 1. The summed E-state index contributed by atoms with van der Waals surface area (Å²) < 4.78 is 19.0. The second-order valence-corrected chi connectivity index (χ2v) is 5.87. The van der Waals surface area contributed by atoms with Crippen LogP contribution in [0.15, 0.2) is 24.3 Å². The van der Waals surface area contributed by atoms with Gasteiger partial charge in [0.1, 0.15) is 5.82 Å². The fourth-order valence-corrected chi connectivity index (χ4v) is 3.25. The molecule has 0 radical (unpaired) electrons. The van der Waals surface area contributed by atoms with Crippen LogP contribution in [0.25, 0.3) is 0 Å². The van der Waals surface area contributed by atoms with Gasteiger partial charge in [0, 0.05) is 25.8 Å². The van der Waals surface area contributed by atoms with Crippen molar-refractivity contribution in [2.75, 3.05) is 26.3 Å². The van der Waals surface area contributed by atoms with Crippen molar-refractivity contribution < 1.29 is 13.9 Å². The zero-order valence-corrected chi connectivity index (χ0v) is 13.3. The smallest absolute Gasteiger partial charge is 0.231 e. The fourth-order valence-electron chi connectivity index (χ4n) is 3.25. The molecule has 0 spiro atoms. The van der Waals surface area contributed by atoms with Gasteiger partial charge in [-0.2, -0.15) is 0 Å². The molecule has 122 valence electrons. The van der Waals surface area contributed by atoms with E-state index >= 15 is 0 Å². The number of hydrogen-bond acceptors (Lipinski definition) is 3. The van der Waals surface area contributed by atoms with Gasteiger partial charge in [-0.15, -0.1) is 12.4 Å². The lowest BCUT2D eigenvalue weighted by Crippen LogP contribution is -2.51. The molecule has 1 aromatic carbocycles. The lowest BCUT2D eigenvalue weighted by molar-refractivity contribution is -0.131. The maximum atomic E-state index is 13.6. The van der Waals surface area contributed by atoms with Gasteiger partial charge in [-0.1, -0.05) is 12.1 Å². The lowest BCUT2D eigenvalue weighted by atomic mass is 9.73. The molecular formula is C16H22ClFN2O2. The van der Waals surface area contributed by atoms with Gasteiger partial charge in [0.05, 0.1) is 5.41 Å². The van der Waals surface area contributed by atoms with E-state index < -0.39 is 5.41 Å². The van der Waals surface area contributed by atoms with Crippen LogP contribution in [0, 0.1) is 5.82 Å². The van der Waals surface area contributed by atoms with E-state index in [1.807, 2.05) is 6.07 Å². The summed E-state index contributed by atoms with van der Waals surface area (Å²) in [4.78, 5) is 12.9. The molecule has 1 aromatic rings. The number of carbonyl (C=O) groups is 1. The quantitative estimate of drug-likeness (QED) is 0.889. The zero-order valence-electron chi connectivity index (χ0n) is 12.4. The minimum absolute atomic E-state index is 0. The van der Waals surface area contributed by atoms with Crippen LogP contribution in [0.2, 0.25) is 0 Å². The molecule has 3 rings (SSSR count). The highest BCUT2D eigenvalue weighted by Gasteiger charge is 2.42. The first kappa shape index (κ1) is 17.2. The highest BCUT2D eigenvalue weighted by molar-refractivity contribution is 5.88. The van der Waals surface area contributed by atoms with E-state index in [-0.39, 0.29) is 30.2 Å². The summed E-state index contributed by atoms with van der Waals surface area (Å²) in [6.07, 6.45) is 2.15. The van der Waals surface area contributed by atoms with E-state index in [1.54, 1.807) is 6.07 Å². The summed E-state index contributed by atoms with van der Waals surface area (Å²) >= 11 is 0. The molecule has 0 saturated carbocycles. The van der Waals surface area contributed by atoms with Crippen LogP contribution in [0.1, 0.15) is 24.8 Å². The van der Waals surface area contributed by atoms with Crippen LogP contribution in [-0.4, -0.2) is 38.3 Å². The predicted octanol–water partition coefficient (Wildman–Crippen LogP) is 1.77. The maximum Gasteiger partial charge on any atom is 0.231 e. The predicted molar refractivity (Wildman–Crippen MR) is 84.8 cm³/mol. The summed E-state index contributed by atoms with van der Waals surface area (Å²) in [6, 6.07) is 6.59. The number of amides is 1. The Hall–Kier alpha value is -1.17. The minimum Gasteiger partial charge on any atom is -0.381 e. The molecule has 2 aliphatic rings. The van der Waals surface area contributed by atoms with E-state index in [4.69, 9.17) is 4.74 Å². The van der Waals surface area contributed by atoms with E-state index in [9.17, 15) is 9.18 Å². The van der Waals surface area contributed by atoms with Crippen LogP contribution in [0.5, 0.6) is 0 Å². The van der Waals surface area contributed by atoms with Crippen molar-refractivity contribution in [3.63, 3.8) is 0 Å². The number of benzene rings is 1. The molecule has 1 unspecified atom stereocenters. The van der Waals surface area contributed by atoms with Gasteiger partial charge in [0.2, 0.25) is 5.91 Å². The fraction of sp³-hybridized carbons (Fsp3) is 0.562. The summed E-state index contributed by atoms with van der Waals surface area (Å²) in [5, 5.41) is 6.37. The van der Waals surface area contributed by atoms with Gasteiger partial charge >= 0.3 is 0 Å². The van der Waals surface area contributed by atoms with Crippen LogP contribution < -0.4 is 10.6 Å². The van der Waals surface area contributed by atoms with Gasteiger partial charge in [0.25, 0.3) is 0 Å². The summed E-state index contributed by atoms with van der Waals surface area (Å²) in [5.41, 5.74) is 0.0948. The molecular weight excluding hydrogens is 307 g/mol. The monoisotopic (exact) mass is 328 g/mol. The highest BCUT2D eigenvalue weighted by Crippen LogP contribution is 2.35. The second-order valence-electron chi connectivity index (χ2n) is 5.87. The van der Waals surface area contributed by atoms with Gasteiger partial charge in [-0.25, -0.2) is 4.39 Å².